The second kappa shape index (κ2) is 8.09. The molecule has 0 spiro atoms. The van der Waals surface area contributed by atoms with Gasteiger partial charge in [0.1, 0.15) is 0 Å². The molecule has 2 amide bonds. The van der Waals surface area contributed by atoms with Gasteiger partial charge in [-0.2, -0.15) is 0 Å². The van der Waals surface area contributed by atoms with E-state index in [0.29, 0.717) is 28.7 Å². The predicted octanol–water partition coefficient (Wildman–Crippen LogP) is 2.00. The van der Waals surface area contributed by atoms with Gasteiger partial charge in [0.05, 0.1) is 22.3 Å². The van der Waals surface area contributed by atoms with Gasteiger partial charge in [0.15, 0.2) is 0 Å². The third-order valence-corrected chi connectivity index (χ3v) is 3.16. The molecule has 0 saturated heterocycles. The van der Waals surface area contributed by atoms with Crippen molar-refractivity contribution in [1.82, 2.24) is 10.2 Å². The number of nitrogens with zero attached hydrogens (tertiary/aromatic N) is 1. The molecular weight excluding hydrogens is 301 g/mol. The van der Waals surface area contributed by atoms with Crippen LogP contribution in [0.1, 0.15) is 6.42 Å². The van der Waals surface area contributed by atoms with Gasteiger partial charge in [-0.05, 0) is 12.1 Å². The molecule has 7 heteroatoms. The lowest BCUT2D eigenvalue weighted by Crippen LogP contribution is -2.32. The SMILES string of the molecule is CN(C)C(=O)CCNCC(=O)Nc1c(Cl)cccc1Cl. The van der Waals surface area contributed by atoms with Crippen LogP contribution in [0.3, 0.4) is 0 Å². The van der Waals surface area contributed by atoms with Crippen LogP contribution in [0.15, 0.2) is 18.2 Å². The predicted molar refractivity (Wildman–Crippen MR) is 81.3 cm³/mol. The monoisotopic (exact) mass is 317 g/mol. The maximum atomic E-state index is 11.7. The highest BCUT2D eigenvalue weighted by Crippen LogP contribution is 2.29. The summed E-state index contributed by atoms with van der Waals surface area (Å²) in [6, 6.07) is 4.99. The highest BCUT2D eigenvalue weighted by atomic mass is 35.5. The molecule has 1 aromatic rings. The van der Waals surface area contributed by atoms with Crippen molar-refractivity contribution < 1.29 is 9.59 Å². The Balaban J connectivity index is 2.36. The van der Waals surface area contributed by atoms with E-state index in [-0.39, 0.29) is 18.4 Å². The first kappa shape index (κ1) is 16.8. The summed E-state index contributed by atoms with van der Waals surface area (Å²) in [6.45, 7) is 0.517. The molecular formula is C13H17Cl2N3O2. The van der Waals surface area contributed by atoms with Gasteiger partial charge in [0.25, 0.3) is 0 Å². The van der Waals surface area contributed by atoms with E-state index < -0.39 is 0 Å². The van der Waals surface area contributed by atoms with Gasteiger partial charge in [0.2, 0.25) is 11.8 Å². The van der Waals surface area contributed by atoms with Crippen LogP contribution in [0.25, 0.3) is 0 Å². The number of carbonyl (C=O) groups is 2. The number of benzene rings is 1. The Hall–Kier alpha value is -1.30. The van der Waals surface area contributed by atoms with Crippen molar-refractivity contribution in [2.24, 2.45) is 0 Å². The number of halogens is 2. The van der Waals surface area contributed by atoms with Crippen molar-refractivity contribution in [3.63, 3.8) is 0 Å². The van der Waals surface area contributed by atoms with E-state index in [4.69, 9.17) is 23.2 Å². The lowest BCUT2D eigenvalue weighted by molar-refractivity contribution is -0.128. The molecule has 0 fully saturated rings. The Bertz CT molecular complexity index is 472. The zero-order valence-corrected chi connectivity index (χ0v) is 12.9. The number of rotatable bonds is 6. The molecule has 0 atom stereocenters. The average molecular weight is 318 g/mol. The molecule has 0 aromatic heterocycles. The minimum absolute atomic E-state index is 0.00653. The number of carbonyl (C=O) groups excluding carboxylic acids is 2. The Morgan fingerprint density at radius 2 is 1.80 bits per heavy atom. The van der Waals surface area contributed by atoms with E-state index in [1.807, 2.05) is 0 Å². The summed E-state index contributed by atoms with van der Waals surface area (Å²) in [5, 5.41) is 6.28. The molecule has 0 bridgehead atoms. The maximum absolute atomic E-state index is 11.7. The van der Waals surface area contributed by atoms with Crippen molar-refractivity contribution in [3.8, 4) is 0 Å². The maximum Gasteiger partial charge on any atom is 0.238 e. The van der Waals surface area contributed by atoms with E-state index in [1.54, 1.807) is 32.3 Å². The number of nitrogens with one attached hydrogen (secondary N) is 2. The summed E-state index contributed by atoms with van der Waals surface area (Å²) < 4.78 is 0. The molecule has 2 N–H and O–H groups in total. The van der Waals surface area contributed by atoms with Crippen molar-refractivity contribution in [2.45, 2.75) is 6.42 Å². The summed E-state index contributed by atoms with van der Waals surface area (Å²) in [6.07, 6.45) is 0.340. The van der Waals surface area contributed by atoms with Crippen LogP contribution in [-0.2, 0) is 9.59 Å². The summed E-state index contributed by atoms with van der Waals surface area (Å²) in [5.74, 6) is -0.260. The molecule has 0 radical (unpaired) electrons. The van der Waals surface area contributed by atoms with Crippen LogP contribution in [0, 0.1) is 0 Å². The van der Waals surface area contributed by atoms with E-state index >= 15 is 0 Å². The van der Waals surface area contributed by atoms with Gasteiger partial charge in [-0.15, -0.1) is 0 Å². The van der Waals surface area contributed by atoms with Gasteiger partial charge >= 0.3 is 0 Å². The van der Waals surface area contributed by atoms with Gasteiger partial charge in [-0.25, -0.2) is 0 Å². The van der Waals surface area contributed by atoms with Crippen molar-refractivity contribution in [3.05, 3.63) is 28.2 Å². The summed E-state index contributed by atoms with van der Waals surface area (Å²) in [4.78, 5) is 24.5. The standard InChI is InChI=1S/C13H17Cl2N3O2/c1-18(2)12(20)6-7-16-8-11(19)17-13-9(14)4-3-5-10(13)15/h3-5,16H,6-8H2,1-2H3,(H,17,19). The van der Waals surface area contributed by atoms with E-state index in [2.05, 4.69) is 10.6 Å². The minimum atomic E-state index is -0.266. The Kier molecular flexibility index (Phi) is 6.78. The zero-order chi connectivity index (χ0) is 15.1. The zero-order valence-electron chi connectivity index (χ0n) is 11.4. The first-order valence-electron chi connectivity index (χ1n) is 6.06. The third kappa shape index (κ3) is 5.36. The van der Waals surface area contributed by atoms with Crippen LogP contribution in [0.5, 0.6) is 0 Å². The van der Waals surface area contributed by atoms with Crippen LogP contribution in [0.2, 0.25) is 10.0 Å². The molecule has 5 nitrogen and oxygen atoms in total. The van der Waals surface area contributed by atoms with Gasteiger partial charge in [-0.3, -0.25) is 9.59 Å². The highest BCUT2D eigenvalue weighted by Gasteiger charge is 2.09. The smallest absolute Gasteiger partial charge is 0.238 e. The summed E-state index contributed by atoms with van der Waals surface area (Å²) in [5.41, 5.74) is 0.395. The highest BCUT2D eigenvalue weighted by molar-refractivity contribution is 6.39. The van der Waals surface area contributed by atoms with Crippen molar-refractivity contribution in [1.29, 1.82) is 0 Å². The lowest BCUT2D eigenvalue weighted by atomic mass is 10.3. The Morgan fingerprint density at radius 3 is 2.35 bits per heavy atom. The van der Waals surface area contributed by atoms with Gasteiger partial charge in [0, 0.05) is 27.1 Å². The first-order chi connectivity index (χ1) is 9.41. The fourth-order valence-electron chi connectivity index (χ4n) is 1.42. The van der Waals surface area contributed by atoms with Crippen LogP contribution < -0.4 is 10.6 Å². The fraction of sp³-hybridized carbons (Fsp3) is 0.385. The minimum Gasteiger partial charge on any atom is -0.349 e. The molecule has 1 rings (SSSR count). The molecule has 0 heterocycles. The molecule has 1 aromatic carbocycles. The number of hydrogen-bond acceptors (Lipinski definition) is 3. The molecule has 0 saturated carbocycles. The van der Waals surface area contributed by atoms with Gasteiger partial charge in [-0.1, -0.05) is 29.3 Å². The number of hydrogen-bond donors (Lipinski definition) is 2. The van der Waals surface area contributed by atoms with Crippen LogP contribution >= 0.6 is 23.2 Å². The molecule has 110 valence electrons. The topological polar surface area (TPSA) is 61.4 Å². The third-order valence-electron chi connectivity index (χ3n) is 2.53. The van der Waals surface area contributed by atoms with Crippen molar-refractivity contribution in [2.75, 3.05) is 32.5 Å². The first-order valence-corrected chi connectivity index (χ1v) is 6.82. The largest absolute Gasteiger partial charge is 0.349 e. The van der Waals surface area contributed by atoms with E-state index in [9.17, 15) is 9.59 Å². The normalized spacial score (nSPS) is 10.2. The second-order valence-electron chi connectivity index (χ2n) is 4.36. The second-order valence-corrected chi connectivity index (χ2v) is 5.17. The summed E-state index contributed by atoms with van der Waals surface area (Å²) >= 11 is 11.9. The lowest BCUT2D eigenvalue weighted by Gasteiger charge is -2.11. The number of anilines is 1. The number of para-hydroxylation sites is 1. The molecule has 0 aliphatic rings. The van der Waals surface area contributed by atoms with Crippen LogP contribution in [-0.4, -0.2) is 43.9 Å². The molecule has 0 aliphatic carbocycles. The number of amides is 2. The van der Waals surface area contributed by atoms with Crippen molar-refractivity contribution >= 4 is 40.7 Å². The molecule has 0 unspecified atom stereocenters. The van der Waals surface area contributed by atoms with Crippen LogP contribution in [0.4, 0.5) is 5.69 Å². The summed E-state index contributed by atoms with van der Waals surface area (Å²) in [7, 11) is 3.38. The van der Waals surface area contributed by atoms with Gasteiger partial charge < -0.3 is 15.5 Å². The Morgan fingerprint density at radius 1 is 1.20 bits per heavy atom. The molecule has 20 heavy (non-hydrogen) atoms. The molecule has 0 aliphatic heterocycles. The average Bonchev–Trinajstić information content (AvgIpc) is 2.38. The Labute approximate surface area is 128 Å². The quantitative estimate of drug-likeness (QED) is 0.789. The fourth-order valence-corrected chi connectivity index (χ4v) is 1.91. The van der Waals surface area contributed by atoms with E-state index in [0.717, 1.165) is 0 Å². The van der Waals surface area contributed by atoms with E-state index in [1.165, 1.54) is 4.90 Å².